The maximum atomic E-state index is 13.1. The second-order valence-corrected chi connectivity index (χ2v) is 10.5. The highest BCUT2D eigenvalue weighted by atomic mass is 16.5. The Morgan fingerprint density at radius 1 is 0.854 bits per heavy atom. The van der Waals surface area contributed by atoms with Crippen molar-refractivity contribution < 1.29 is 14.1 Å². The Kier molecular flexibility index (Phi) is 6.42. The SMILES string of the molecule is Cc1noc(C)c1-c1cc(C(N)=O)c2c3ccc(C(=O)N(C)C)cc3n(C(c3ccccc3)c3ccccc3)c2c1. The van der Waals surface area contributed by atoms with E-state index in [2.05, 4.69) is 40.1 Å². The Labute approximate surface area is 237 Å². The predicted molar refractivity (Wildman–Crippen MR) is 161 cm³/mol. The van der Waals surface area contributed by atoms with Gasteiger partial charge >= 0.3 is 0 Å². The van der Waals surface area contributed by atoms with Gasteiger partial charge in [-0.15, -0.1) is 0 Å². The van der Waals surface area contributed by atoms with Crippen molar-refractivity contribution in [3.8, 4) is 11.1 Å². The molecule has 4 aromatic carbocycles. The standard InChI is InChI=1S/C34H30N4O3/c1-20-30(21(2)41-36-20)25-17-27(33(35)39)31-26-16-15-24(34(40)37(3)4)18-28(26)38(29(31)19-25)32(22-11-7-5-8-12-22)23-13-9-6-10-14-23/h5-19,32H,1-4H3,(H2,35,39). The van der Waals surface area contributed by atoms with Gasteiger partial charge < -0.3 is 19.7 Å². The van der Waals surface area contributed by atoms with Crippen molar-refractivity contribution in [1.29, 1.82) is 0 Å². The monoisotopic (exact) mass is 542 g/mol. The maximum Gasteiger partial charge on any atom is 0.253 e. The molecule has 0 saturated heterocycles. The molecule has 0 spiro atoms. The average Bonchev–Trinajstić information content (AvgIpc) is 3.48. The zero-order valence-corrected chi connectivity index (χ0v) is 23.4. The van der Waals surface area contributed by atoms with Crippen molar-refractivity contribution in [2.75, 3.05) is 14.1 Å². The van der Waals surface area contributed by atoms with E-state index in [0.29, 0.717) is 16.9 Å². The van der Waals surface area contributed by atoms with Crippen LogP contribution in [0.2, 0.25) is 0 Å². The zero-order chi connectivity index (χ0) is 28.8. The van der Waals surface area contributed by atoms with E-state index in [9.17, 15) is 9.59 Å². The Morgan fingerprint density at radius 2 is 1.49 bits per heavy atom. The molecule has 0 aliphatic rings. The number of carbonyl (C=O) groups is 2. The van der Waals surface area contributed by atoms with Gasteiger partial charge in [0.25, 0.3) is 5.91 Å². The highest BCUT2D eigenvalue weighted by molar-refractivity contribution is 6.20. The summed E-state index contributed by atoms with van der Waals surface area (Å²) in [5.74, 6) is 0.0137. The van der Waals surface area contributed by atoms with E-state index in [-0.39, 0.29) is 11.9 Å². The van der Waals surface area contributed by atoms with Gasteiger partial charge in [0.2, 0.25) is 5.91 Å². The minimum atomic E-state index is -0.535. The number of nitrogens with zero attached hydrogens (tertiary/aromatic N) is 3. The first-order valence-electron chi connectivity index (χ1n) is 13.4. The molecule has 0 radical (unpaired) electrons. The third-order valence-corrected chi connectivity index (χ3v) is 7.63. The Morgan fingerprint density at radius 3 is 2.02 bits per heavy atom. The van der Waals surface area contributed by atoms with Crippen molar-refractivity contribution in [3.05, 3.63) is 125 Å². The minimum Gasteiger partial charge on any atom is -0.366 e. The molecule has 2 amide bonds. The highest BCUT2D eigenvalue weighted by Crippen LogP contribution is 2.42. The average molecular weight is 543 g/mol. The number of benzene rings is 4. The number of amides is 2. The summed E-state index contributed by atoms with van der Waals surface area (Å²) in [6, 6.07) is 29.7. The second-order valence-electron chi connectivity index (χ2n) is 10.5. The van der Waals surface area contributed by atoms with Gasteiger partial charge in [0, 0.05) is 41.6 Å². The van der Waals surface area contributed by atoms with Gasteiger partial charge in [-0.3, -0.25) is 9.59 Å². The number of primary amides is 1. The lowest BCUT2D eigenvalue weighted by Crippen LogP contribution is -2.21. The quantitative estimate of drug-likeness (QED) is 0.260. The molecule has 0 bridgehead atoms. The Hall–Kier alpha value is -5.17. The molecule has 0 aliphatic carbocycles. The molecule has 7 nitrogen and oxygen atoms in total. The molecule has 0 unspecified atom stereocenters. The molecule has 2 N–H and O–H groups in total. The first kappa shape index (κ1) is 26.1. The van der Waals surface area contributed by atoms with E-state index in [4.69, 9.17) is 10.3 Å². The first-order valence-corrected chi connectivity index (χ1v) is 13.4. The lowest BCUT2D eigenvalue weighted by molar-refractivity contribution is 0.0827. The normalized spacial score (nSPS) is 11.4. The lowest BCUT2D eigenvalue weighted by Gasteiger charge is -2.23. The molecule has 0 aliphatic heterocycles. The summed E-state index contributed by atoms with van der Waals surface area (Å²) < 4.78 is 7.70. The molecular weight excluding hydrogens is 512 g/mol. The van der Waals surface area contributed by atoms with Crippen molar-refractivity contribution in [2.24, 2.45) is 5.73 Å². The van der Waals surface area contributed by atoms with Gasteiger partial charge in [-0.1, -0.05) is 71.9 Å². The Bertz CT molecular complexity index is 1880. The number of aromatic nitrogens is 2. The van der Waals surface area contributed by atoms with E-state index in [0.717, 1.165) is 49.8 Å². The predicted octanol–water partition coefficient (Wildman–Crippen LogP) is 6.50. The number of rotatable bonds is 6. The van der Waals surface area contributed by atoms with Crippen LogP contribution in [0.25, 0.3) is 32.9 Å². The molecule has 6 rings (SSSR count). The van der Waals surface area contributed by atoms with Crippen molar-refractivity contribution in [3.63, 3.8) is 0 Å². The fourth-order valence-corrected chi connectivity index (χ4v) is 5.84. The van der Waals surface area contributed by atoms with Crippen LogP contribution in [0.1, 0.15) is 49.3 Å². The molecule has 7 heteroatoms. The van der Waals surface area contributed by atoms with E-state index in [1.54, 1.807) is 19.0 Å². The molecule has 6 aromatic rings. The molecule has 0 fully saturated rings. The molecule has 0 atom stereocenters. The third-order valence-electron chi connectivity index (χ3n) is 7.63. The van der Waals surface area contributed by atoms with Crippen LogP contribution in [-0.4, -0.2) is 40.5 Å². The number of hydrogen-bond donors (Lipinski definition) is 1. The Balaban J connectivity index is 1.81. The number of hydrogen-bond acceptors (Lipinski definition) is 4. The van der Waals surface area contributed by atoms with Crippen LogP contribution in [0.4, 0.5) is 0 Å². The number of carbonyl (C=O) groups excluding carboxylic acids is 2. The lowest BCUT2D eigenvalue weighted by atomic mass is 9.96. The first-order chi connectivity index (χ1) is 19.8. The summed E-state index contributed by atoms with van der Waals surface area (Å²) >= 11 is 0. The fourth-order valence-electron chi connectivity index (χ4n) is 5.84. The minimum absolute atomic E-state index is 0.105. The van der Waals surface area contributed by atoms with Crippen LogP contribution < -0.4 is 5.73 Å². The van der Waals surface area contributed by atoms with Crippen LogP contribution in [0.3, 0.4) is 0 Å². The fraction of sp³-hybridized carbons (Fsp3) is 0.147. The van der Waals surface area contributed by atoms with Crippen molar-refractivity contribution in [1.82, 2.24) is 14.6 Å². The van der Waals surface area contributed by atoms with Gasteiger partial charge in [0.15, 0.2) is 0 Å². The summed E-state index contributed by atoms with van der Waals surface area (Å²) in [6.07, 6.45) is 0. The van der Waals surface area contributed by atoms with E-state index >= 15 is 0 Å². The molecule has 2 aromatic heterocycles. The summed E-state index contributed by atoms with van der Waals surface area (Å²) in [7, 11) is 3.47. The van der Waals surface area contributed by atoms with Crippen LogP contribution in [0.15, 0.2) is 95.5 Å². The number of aryl methyl sites for hydroxylation is 2. The number of nitrogens with two attached hydrogens (primary N) is 1. The molecule has 2 heterocycles. The highest BCUT2D eigenvalue weighted by Gasteiger charge is 2.27. The van der Waals surface area contributed by atoms with Gasteiger partial charge in [0.05, 0.1) is 22.8 Å². The molecular formula is C34H30N4O3. The van der Waals surface area contributed by atoms with Crippen LogP contribution in [0, 0.1) is 13.8 Å². The maximum absolute atomic E-state index is 13.1. The van der Waals surface area contributed by atoms with Crippen molar-refractivity contribution in [2.45, 2.75) is 19.9 Å². The van der Waals surface area contributed by atoms with Gasteiger partial charge in [-0.2, -0.15) is 0 Å². The largest absolute Gasteiger partial charge is 0.366 e. The summed E-state index contributed by atoms with van der Waals surface area (Å²) in [5.41, 5.74) is 13.1. The van der Waals surface area contributed by atoms with Crippen LogP contribution in [-0.2, 0) is 0 Å². The van der Waals surface area contributed by atoms with Crippen LogP contribution in [0.5, 0.6) is 0 Å². The topological polar surface area (TPSA) is 94.4 Å². The van der Waals surface area contributed by atoms with Gasteiger partial charge in [0.1, 0.15) is 5.76 Å². The molecule has 41 heavy (non-hydrogen) atoms. The second kappa shape index (κ2) is 10.1. The zero-order valence-electron chi connectivity index (χ0n) is 23.4. The van der Waals surface area contributed by atoms with E-state index in [1.165, 1.54) is 0 Å². The summed E-state index contributed by atoms with van der Waals surface area (Å²) in [5, 5.41) is 5.73. The van der Waals surface area contributed by atoms with Gasteiger partial charge in [-0.25, -0.2) is 0 Å². The third kappa shape index (κ3) is 4.36. The van der Waals surface area contributed by atoms with E-state index < -0.39 is 5.91 Å². The molecule has 0 saturated carbocycles. The van der Waals surface area contributed by atoms with E-state index in [1.807, 2.05) is 74.5 Å². The summed E-state index contributed by atoms with van der Waals surface area (Å²) in [6.45, 7) is 3.74. The summed E-state index contributed by atoms with van der Waals surface area (Å²) in [4.78, 5) is 27.7. The molecule has 204 valence electrons. The smallest absolute Gasteiger partial charge is 0.253 e. The number of fused-ring (bicyclic) bond motifs is 3. The van der Waals surface area contributed by atoms with Crippen LogP contribution >= 0.6 is 0 Å². The van der Waals surface area contributed by atoms with Gasteiger partial charge in [-0.05, 0) is 54.8 Å². The van der Waals surface area contributed by atoms with Crippen molar-refractivity contribution >= 4 is 33.6 Å².